The molecule has 0 aliphatic heterocycles. The van der Waals surface area contributed by atoms with Crippen LogP contribution in [0.4, 0.5) is 11.5 Å². The lowest BCUT2D eigenvalue weighted by Crippen LogP contribution is -2.27. The molecule has 0 spiro atoms. The zero-order valence-electron chi connectivity index (χ0n) is 19.1. The predicted molar refractivity (Wildman–Crippen MR) is 137 cm³/mol. The molecule has 7 nitrogen and oxygen atoms in total. The number of fused-ring (bicyclic) bond motifs is 1. The SMILES string of the molecule is O=C(Cc1cn(-c2ccc(Nc3ccccc3)nn2)c2ccccc12)NCCc1ccc(O)cc1. The van der Waals surface area contributed by atoms with Crippen LogP contribution < -0.4 is 10.6 Å². The average molecular weight is 464 g/mol. The number of hydrogen-bond donors (Lipinski definition) is 3. The lowest BCUT2D eigenvalue weighted by atomic mass is 10.1. The van der Waals surface area contributed by atoms with Crippen LogP contribution in [0.15, 0.2) is 97.2 Å². The minimum absolute atomic E-state index is 0.0415. The smallest absolute Gasteiger partial charge is 0.224 e. The topological polar surface area (TPSA) is 92.1 Å². The third-order valence-corrected chi connectivity index (χ3v) is 5.76. The molecule has 3 aromatic carbocycles. The molecule has 0 aliphatic rings. The molecule has 2 heterocycles. The maximum atomic E-state index is 12.7. The molecule has 2 aromatic heterocycles. The van der Waals surface area contributed by atoms with E-state index in [9.17, 15) is 9.90 Å². The van der Waals surface area contributed by atoms with Crippen LogP contribution >= 0.6 is 0 Å². The van der Waals surface area contributed by atoms with Crippen molar-refractivity contribution in [3.63, 3.8) is 0 Å². The number of phenolic OH excluding ortho intramolecular Hbond substituents is 1. The van der Waals surface area contributed by atoms with Crippen molar-refractivity contribution in [3.8, 4) is 11.6 Å². The van der Waals surface area contributed by atoms with Gasteiger partial charge in [0.1, 0.15) is 5.75 Å². The zero-order valence-corrected chi connectivity index (χ0v) is 19.1. The Labute approximate surface area is 203 Å². The molecule has 35 heavy (non-hydrogen) atoms. The van der Waals surface area contributed by atoms with Crippen LogP contribution in [0.1, 0.15) is 11.1 Å². The van der Waals surface area contributed by atoms with Crippen molar-refractivity contribution in [2.24, 2.45) is 0 Å². The summed E-state index contributed by atoms with van der Waals surface area (Å²) in [4.78, 5) is 12.7. The molecular formula is C28H25N5O2. The molecule has 7 heteroatoms. The number of nitrogens with one attached hydrogen (secondary N) is 2. The number of para-hydroxylation sites is 2. The van der Waals surface area contributed by atoms with Crippen molar-refractivity contribution in [1.82, 2.24) is 20.1 Å². The van der Waals surface area contributed by atoms with Crippen molar-refractivity contribution < 1.29 is 9.90 Å². The van der Waals surface area contributed by atoms with E-state index >= 15 is 0 Å². The van der Waals surface area contributed by atoms with E-state index in [2.05, 4.69) is 20.8 Å². The number of hydrogen-bond acceptors (Lipinski definition) is 5. The van der Waals surface area contributed by atoms with Crippen LogP contribution in [-0.4, -0.2) is 32.3 Å². The predicted octanol–water partition coefficient (Wildman–Crippen LogP) is 4.77. The number of nitrogens with zero attached hydrogens (tertiary/aromatic N) is 3. The fourth-order valence-electron chi connectivity index (χ4n) is 4.01. The number of anilines is 2. The Kier molecular flexibility index (Phi) is 6.39. The van der Waals surface area contributed by atoms with Crippen molar-refractivity contribution in [2.75, 3.05) is 11.9 Å². The molecule has 3 N–H and O–H groups in total. The van der Waals surface area contributed by atoms with E-state index in [0.29, 0.717) is 24.6 Å². The van der Waals surface area contributed by atoms with Gasteiger partial charge in [-0.15, -0.1) is 10.2 Å². The van der Waals surface area contributed by atoms with Gasteiger partial charge < -0.3 is 15.7 Å². The number of carbonyl (C=O) groups is 1. The molecule has 5 rings (SSSR count). The first-order chi connectivity index (χ1) is 17.2. The van der Waals surface area contributed by atoms with E-state index in [4.69, 9.17) is 0 Å². The van der Waals surface area contributed by atoms with Gasteiger partial charge in [0.15, 0.2) is 11.6 Å². The number of amides is 1. The molecule has 174 valence electrons. The summed E-state index contributed by atoms with van der Waals surface area (Å²) in [5.74, 6) is 1.53. The van der Waals surface area contributed by atoms with Gasteiger partial charge in [0.25, 0.3) is 0 Å². The fraction of sp³-hybridized carbons (Fsp3) is 0.107. The summed E-state index contributed by atoms with van der Waals surface area (Å²) >= 11 is 0. The summed E-state index contributed by atoms with van der Waals surface area (Å²) in [5.41, 5.74) is 3.90. The highest BCUT2D eigenvalue weighted by Crippen LogP contribution is 2.25. The van der Waals surface area contributed by atoms with E-state index in [0.717, 1.165) is 27.7 Å². The summed E-state index contributed by atoms with van der Waals surface area (Å²) in [6, 6.07) is 28.6. The summed E-state index contributed by atoms with van der Waals surface area (Å²) in [7, 11) is 0. The number of rotatable bonds is 8. The van der Waals surface area contributed by atoms with Gasteiger partial charge in [0, 0.05) is 23.8 Å². The van der Waals surface area contributed by atoms with Gasteiger partial charge in [-0.05, 0) is 60.0 Å². The second-order valence-corrected chi connectivity index (χ2v) is 8.25. The normalized spacial score (nSPS) is 10.9. The molecule has 0 saturated heterocycles. The van der Waals surface area contributed by atoms with Gasteiger partial charge in [-0.1, -0.05) is 48.5 Å². The highest BCUT2D eigenvalue weighted by Gasteiger charge is 2.14. The van der Waals surface area contributed by atoms with Gasteiger partial charge in [-0.25, -0.2) is 0 Å². The Bertz CT molecular complexity index is 1430. The minimum Gasteiger partial charge on any atom is -0.508 e. The van der Waals surface area contributed by atoms with Gasteiger partial charge in [0.2, 0.25) is 5.91 Å². The number of carbonyl (C=O) groups excluding carboxylic acids is 1. The van der Waals surface area contributed by atoms with Crippen LogP contribution in [0, 0.1) is 0 Å². The summed E-state index contributed by atoms with van der Waals surface area (Å²) < 4.78 is 1.97. The van der Waals surface area contributed by atoms with Gasteiger partial charge >= 0.3 is 0 Å². The summed E-state index contributed by atoms with van der Waals surface area (Å²) in [6.07, 6.45) is 2.93. The maximum Gasteiger partial charge on any atom is 0.224 e. The molecular weight excluding hydrogens is 438 g/mol. The number of aromatic hydroxyl groups is 1. The quantitative estimate of drug-likeness (QED) is 0.308. The summed E-state index contributed by atoms with van der Waals surface area (Å²) in [5, 5.41) is 25.4. The van der Waals surface area contributed by atoms with Crippen molar-refractivity contribution in [1.29, 1.82) is 0 Å². The largest absolute Gasteiger partial charge is 0.508 e. The van der Waals surface area contributed by atoms with Crippen molar-refractivity contribution >= 4 is 28.3 Å². The molecule has 0 bridgehead atoms. The van der Waals surface area contributed by atoms with Crippen LogP contribution in [0.25, 0.3) is 16.7 Å². The Morgan fingerprint density at radius 3 is 2.40 bits per heavy atom. The van der Waals surface area contributed by atoms with Gasteiger partial charge in [0.05, 0.1) is 11.9 Å². The van der Waals surface area contributed by atoms with Gasteiger partial charge in [-0.2, -0.15) is 0 Å². The standard InChI is InChI=1S/C28H25N5O2/c34-23-12-10-20(11-13-23)16-17-29-28(35)18-21-19-33(25-9-5-4-8-24(21)25)27-15-14-26(31-32-27)30-22-6-2-1-3-7-22/h1-15,19,34H,16-18H2,(H,29,35)(H,30,31). The molecule has 0 aliphatic carbocycles. The first-order valence-electron chi connectivity index (χ1n) is 11.5. The van der Waals surface area contributed by atoms with E-state index in [1.807, 2.05) is 89.6 Å². The molecule has 0 fully saturated rings. The lowest BCUT2D eigenvalue weighted by molar-refractivity contribution is -0.120. The van der Waals surface area contributed by atoms with Crippen LogP contribution in [0.2, 0.25) is 0 Å². The third kappa shape index (κ3) is 5.30. The molecule has 5 aromatic rings. The Morgan fingerprint density at radius 2 is 1.63 bits per heavy atom. The Morgan fingerprint density at radius 1 is 0.857 bits per heavy atom. The molecule has 0 saturated carbocycles. The van der Waals surface area contributed by atoms with Crippen molar-refractivity contribution in [3.05, 3.63) is 108 Å². The van der Waals surface area contributed by atoms with Crippen LogP contribution in [0.3, 0.4) is 0 Å². The number of aromatic nitrogens is 3. The van der Waals surface area contributed by atoms with E-state index in [-0.39, 0.29) is 18.1 Å². The number of phenols is 1. The Hall–Kier alpha value is -4.65. The maximum absolute atomic E-state index is 12.7. The Balaban J connectivity index is 1.29. The van der Waals surface area contributed by atoms with Gasteiger partial charge in [-0.3, -0.25) is 9.36 Å². The molecule has 1 amide bonds. The van der Waals surface area contributed by atoms with E-state index in [1.165, 1.54) is 0 Å². The second-order valence-electron chi connectivity index (χ2n) is 8.25. The first kappa shape index (κ1) is 22.2. The summed E-state index contributed by atoms with van der Waals surface area (Å²) in [6.45, 7) is 0.531. The first-order valence-corrected chi connectivity index (χ1v) is 11.5. The molecule has 0 radical (unpaired) electrons. The van der Waals surface area contributed by atoms with Crippen LogP contribution in [-0.2, 0) is 17.6 Å². The fourth-order valence-corrected chi connectivity index (χ4v) is 4.01. The lowest BCUT2D eigenvalue weighted by Gasteiger charge is -2.07. The minimum atomic E-state index is -0.0415. The van der Waals surface area contributed by atoms with E-state index in [1.54, 1.807) is 12.1 Å². The van der Waals surface area contributed by atoms with E-state index < -0.39 is 0 Å². The highest BCUT2D eigenvalue weighted by atomic mass is 16.3. The molecule has 0 unspecified atom stereocenters. The second kappa shape index (κ2) is 10.1. The third-order valence-electron chi connectivity index (χ3n) is 5.76. The van der Waals surface area contributed by atoms with Crippen LogP contribution in [0.5, 0.6) is 5.75 Å². The number of benzene rings is 3. The monoisotopic (exact) mass is 463 g/mol. The molecule has 0 atom stereocenters. The highest BCUT2D eigenvalue weighted by molar-refractivity contribution is 5.90. The zero-order chi connectivity index (χ0) is 24.0. The van der Waals surface area contributed by atoms with Crippen molar-refractivity contribution in [2.45, 2.75) is 12.8 Å². The average Bonchev–Trinajstić information content (AvgIpc) is 3.25.